The van der Waals surface area contributed by atoms with Gasteiger partial charge in [-0.2, -0.15) is 0 Å². The van der Waals surface area contributed by atoms with Crippen LogP contribution in [0.4, 0.5) is 11.6 Å². The number of aliphatic hydroxyl groups is 1. The van der Waals surface area contributed by atoms with Crippen molar-refractivity contribution in [2.75, 3.05) is 44.1 Å². The number of ether oxygens (including phenoxy) is 1. The first-order chi connectivity index (χ1) is 9.99. The minimum Gasteiger partial charge on any atom is -0.388 e. The van der Waals surface area contributed by atoms with E-state index in [2.05, 4.69) is 15.3 Å². The molecule has 0 saturated carbocycles. The van der Waals surface area contributed by atoms with E-state index in [-0.39, 0.29) is 0 Å². The molecule has 0 aliphatic carbocycles. The van der Waals surface area contributed by atoms with Crippen LogP contribution in [0, 0.1) is 6.92 Å². The Morgan fingerprint density at radius 2 is 2.00 bits per heavy atom. The third-order valence-electron chi connectivity index (χ3n) is 4.04. The van der Waals surface area contributed by atoms with Crippen LogP contribution in [0.15, 0.2) is 0 Å². The van der Waals surface area contributed by atoms with Crippen LogP contribution < -0.4 is 10.2 Å². The molecule has 0 spiro atoms. The van der Waals surface area contributed by atoms with Crippen LogP contribution in [0.25, 0.3) is 0 Å². The van der Waals surface area contributed by atoms with E-state index in [1.807, 2.05) is 32.8 Å². The van der Waals surface area contributed by atoms with Crippen LogP contribution in [-0.4, -0.2) is 54.5 Å². The third-order valence-corrected chi connectivity index (χ3v) is 4.04. The van der Waals surface area contributed by atoms with E-state index in [4.69, 9.17) is 4.74 Å². The van der Waals surface area contributed by atoms with Crippen LogP contribution in [-0.2, 0) is 11.2 Å². The standard InChI is InChI=1S/C15H26N4O2/c1-5-12-17-13(16-3)11(2)14(18-12)19(4)10-15(20)6-8-21-9-7-15/h20H,5-10H2,1-4H3,(H,16,17,18). The maximum Gasteiger partial charge on any atom is 0.137 e. The first-order valence-electron chi connectivity index (χ1n) is 7.55. The lowest BCUT2D eigenvalue weighted by atomic mass is 9.94. The van der Waals surface area contributed by atoms with Gasteiger partial charge in [0.2, 0.25) is 0 Å². The van der Waals surface area contributed by atoms with Crippen molar-refractivity contribution in [1.82, 2.24) is 9.97 Å². The summed E-state index contributed by atoms with van der Waals surface area (Å²) in [6.07, 6.45) is 2.12. The molecule has 1 fully saturated rings. The molecule has 0 unspecified atom stereocenters. The number of anilines is 2. The Morgan fingerprint density at radius 1 is 1.33 bits per heavy atom. The number of aryl methyl sites for hydroxylation is 1. The monoisotopic (exact) mass is 294 g/mol. The van der Waals surface area contributed by atoms with Gasteiger partial charge in [0, 0.05) is 58.7 Å². The lowest BCUT2D eigenvalue weighted by molar-refractivity contribution is -0.0573. The molecule has 0 aromatic carbocycles. The molecule has 118 valence electrons. The number of nitrogens with one attached hydrogen (secondary N) is 1. The highest BCUT2D eigenvalue weighted by atomic mass is 16.5. The average Bonchev–Trinajstić information content (AvgIpc) is 2.47. The van der Waals surface area contributed by atoms with E-state index in [1.54, 1.807) is 0 Å². The molecule has 1 aliphatic heterocycles. The Kier molecular flexibility index (Phi) is 5.00. The lowest BCUT2D eigenvalue weighted by Gasteiger charge is -2.36. The normalized spacial score (nSPS) is 17.6. The first-order valence-corrected chi connectivity index (χ1v) is 7.55. The summed E-state index contributed by atoms with van der Waals surface area (Å²) < 4.78 is 5.33. The smallest absolute Gasteiger partial charge is 0.137 e. The van der Waals surface area contributed by atoms with Crippen LogP contribution in [0.3, 0.4) is 0 Å². The van der Waals surface area contributed by atoms with Gasteiger partial charge in [-0.3, -0.25) is 0 Å². The summed E-state index contributed by atoms with van der Waals surface area (Å²) in [5.41, 5.74) is 0.309. The lowest BCUT2D eigenvalue weighted by Crippen LogP contribution is -2.46. The molecule has 0 bridgehead atoms. The maximum atomic E-state index is 10.7. The second kappa shape index (κ2) is 6.58. The summed E-state index contributed by atoms with van der Waals surface area (Å²) >= 11 is 0. The van der Waals surface area contributed by atoms with Gasteiger partial charge in [-0.1, -0.05) is 6.92 Å². The second-order valence-electron chi connectivity index (χ2n) is 5.73. The highest BCUT2D eigenvalue weighted by Gasteiger charge is 2.32. The molecule has 1 aromatic rings. The maximum absolute atomic E-state index is 10.7. The molecule has 21 heavy (non-hydrogen) atoms. The van der Waals surface area contributed by atoms with Crippen molar-refractivity contribution in [1.29, 1.82) is 0 Å². The van der Waals surface area contributed by atoms with Gasteiger partial charge >= 0.3 is 0 Å². The van der Waals surface area contributed by atoms with E-state index in [1.165, 1.54) is 0 Å². The minimum atomic E-state index is -0.698. The zero-order chi connectivity index (χ0) is 15.5. The van der Waals surface area contributed by atoms with Gasteiger partial charge in [-0.05, 0) is 6.92 Å². The molecular weight excluding hydrogens is 268 g/mol. The van der Waals surface area contributed by atoms with Crippen molar-refractivity contribution < 1.29 is 9.84 Å². The van der Waals surface area contributed by atoms with Crippen molar-refractivity contribution >= 4 is 11.6 Å². The van der Waals surface area contributed by atoms with E-state index in [0.29, 0.717) is 32.6 Å². The van der Waals surface area contributed by atoms with Crippen LogP contribution >= 0.6 is 0 Å². The zero-order valence-corrected chi connectivity index (χ0v) is 13.4. The van der Waals surface area contributed by atoms with Gasteiger partial charge in [-0.15, -0.1) is 0 Å². The van der Waals surface area contributed by atoms with Gasteiger partial charge in [0.1, 0.15) is 17.5 Å². The summed E-state index contributed by atoms with van der Waals surface area (Å²) in [6.45, 7) is 5.84. The fourth-order valence-electron chi connectivity index (χ4n) is 2.75. The molecule has 1 saturated heterocycles. The highest BCUT2D eigenvalue weighted by Crippen LogP contribution is 2.27. The summed E-state index contributed by atoms with van der Waals surface area (Å²) in [5, 5.41) is 13.8. The molecule has 2 N–H and O–H groups in total. The number of rotatable bonds is 5. The largest absolute Gasteiger partial charge is 0.388 e. The Balaban J connectivity index is 2.23. The predicted molar refractivity (Wildman–Crippen MR) is 84.0 cm³/mol. The second-order valence-corrected chi connectivity index (χ2v) is 5.73. The summed E-state index contributed by atoms with van der Waals surface area (Å²) in [6, 6.07) is 0. The van der Waals surface area contributed by atoms with Gasteiger partial charge in [0.15, 0.2) is 0 Å². The van der Waals surface area contributed by atoms with Crippen LogP contribution in [0.1, 0.15) is 31.2 Å². The molecular formula is C15H26N4O2. The number of hydrogen-bond acceptors (Lipinski definition) is 6. The SMILES string of the molecule is CCc1nc(NC)c(C)c(N(C)CC2(O)CCOCC2)n1. The Hall–Kier alpha value is -1.40. The molecule has 1 aromatic heterocycles. The summed E-state index contributed by atoms with van der Waals surface area (Å²) in [7, 11) is 3.84. The zero-order valence-electron chi connectivity index (χ0n) is 13.4. The van der Waals surface area contributed by atoms with Crippen molar-refractivity contribution in [3.8, 4) is 0 Å². The van der Waals surface area contributed by atoms with Crippen molar-refractivity contribution in [2.24, 2.45) is 0 Å². The van der Waals surface area contributed by atoms with Gasteiger partial charge in [0.05, 0.1) is 5.60 Å². The van der Waals surface area contributed by atoms with Gasteiger partial charge in [0.25, 0.3) is 0 Å². The first kappa shape index (κ1) is 16.0. The topological polar surface area (TPSA) is 70.5 Å². The van der Waals surface area contributed by atoms with E-state index in [0.717, 1.165) is 29.4 Å². The van der Waals surface area contributed by atoms with Crippen molar-refractivity contribution in [2.45, 2.75) is 38.7 Å². The Labute approximate surface area is 126 Å². The predicted octanol–water partition coefficient (Wildman–Crippen LogP) is 1.37. The quantitative estimate of drug-likeness (QED) is 0.854. The molecule has 0 atom stereocenters. The van der Waals surface area contributed by atoms with E-state index in [9.17, 15) is 5.11 Å². The fourth-order valence-corrected chi connectivity index (χ4v) is 2.75. The number of aromatic nitrogens is 2. The van der Waals surface area contributed by atoms with E-state index < -0.39 is 5.60 Å². The van der Waals surface area contributed by atoms with Gasteiger partial charge < -0.3 is 20.1 Å². The fraction of sp³-hybridized carbons (Fsp3) is 0.733. The Bertz CT molecular complexity index is 487. The number of likely N-dealkylation sites (N-methyl/N-ethyl adjacent to an activating group) is 1. The molecule has 2 heterocycles. The molecule has 6 heteroatoms. The van der Waals surface area contributed by atoms with Crippen molar-refractivity contribution in [3.05, 3.63) is 11.4 Å². The van der Waals surface area contributed by atoms with E-state index >= 15 is 0 Å². The number of hydrogen-bond donors (Lipinski definition) is 2. The summed E-state index contributed by atoms with van der Waals surface area (Å²) in [4.78, 5) is 11.1. The molecule has 0 amide bonds. The average molecular weight is 294 g/mol. The molecule has 2 rings (SSSR count). The minimum absolute atomic E-state index is 0.556. The molecule has 0 radical (unpaired) electrons. The molecule has 6 nitrogen and oxygen atoms in total. The van der Waals surface area contributed by atoms with Gasteiger partial charge in [-0.25, -0.2) is 9.97 Å². The Morgan fingerprint density at radius 3 is 2.57 bits per heavy atom. The van der Waals surface area contributed by atoms with Crippen molar-refractivity contribution in [3.63, 3.8) is 0 Å². The van der Waals surface area contributed by atoms with Crippen LogP contribution in [0.5, 0.6) is 0 Å². The summed E-state index contributed by atoms with van der Waals surface area (Å²) in [5.74, 6) is 2.54. The van der Waals surface area contributed by atoms with Crippen LogP contribution in [0.2, 0.25) is 0 Å². The third kappa shape index (κ3) is 3.63. The highest BCUT2D eigenvalue weighted by molar-refractivity contribution is 5.58. The molecule has 1 aliphatic rings. The number of nitrogens with zero attached hydrogens (tertiary/aromatic N) is 3.